The van der Waals surface area contributed by atoms with E-state index in [2.05, 4.69) is 27.5 Å². The van der Waals surface area contributed by atoms with Crippen LogP contribution in [0.4, 0.5) is 17.5 Å². The zero-order valence-electron chi connectivity index (χ0n) is 14.4. The predicted octanol–water partition coefficient (Wildman–Crippen LogP) is 3.02. The van der Waals surface area contributed by atoms with Crippen molar-refractivity contribution in [3.05, 3.63) is 42.2 Å². The van der Waals surface area contributed by atoms with Crippen molar-refractivity contribution in [1.82, 2.24) is 14.5 Å². The van der Waals surface area contributed by atoms with Crippen LogP contribution in [0.5, 0.6) is 0 Å². The number of benzene rings is 1. The molecule has 0 aliphatic rings. The number of fused-ring (bicyclic) bond motifs is 1. The topological polar surface area (TPSA) is 97.9 Å². The number of anilines is 3. The Morgan fingerprint density at radius 1 is 1.32 bits per heavy atom. The third kappa shape index (κ3) is 3.55. The second-order valence-electron chi connectivity index (χ2n) is 5.89. The van der Waals surface area contributed by atoms with Crippen molar-refractivity contribution >= 4 is 34.3 Å². The standard InChI is InChI=1S/C18H22N6O/c1-3-4-9-20-18-21-11-13(16(19)25)17(23-18)22-14-6-5-7-15-12(14)8-10-24(15)2/h5-8,10-11H,3-4,9H2,1-2H3,(H2,19,25)(H2,20,21,22,23). The molecule has 130 valence electrons. The van der Waals surface area contributed by atoms with E-state index >= 15 is 0 Å². The van der Waals surface area contributed by atoms with Crippen molar-refractivity contribution in [3.63, 3.8) is 0 Å². The molecular formula is C18H22N6O. The minimum absolute atomic E-state index is 0.258. The lowest BCUT2D eigenvalue weighted by Crippen LogP contribution is -2.16. The molecule has 3 rings (SSSR count). The molecule has 0 atom stereocenters. The summed E-state index contributed by atoms with van der Waals surface area (Å²) < 4.78 is 2.03. The van der Waals surface area contributed by atoms with E-state index in [1.807, 2.05) is 42.1 Å². The molecule has 4 N–H and O–H groups in total. The van der Waals surface area contributed by atoms with Gasteiger partial charge < -0.3 is 20.9 Å². The predicted molar refractivity (Wildman–Crippen MR) is 100 cm³/mol. The van der Waals surface area contributed by atoms with Crippen molar-refractivity contribution in [2.24, 2.45) is 12.8 Å². The van der Waals surface area contributed by atoms with Gasteiger partial charge in [-0.2, -0.15) is 4.98 Å². The molecule has 0 saturated carbocycles. The van der Waals surface area contributed by atoms with Gasteiger partial charge in [-0.25, -0.2) is 4.98 Å². The molecule has 0 aliphatic heterocycles. The Morgan fingerprint density at radius 2 is 2.16 bits per heavy atom. The van der Waals surface area contributed by atoms with Crippen LogP contribution in [0.1, 0.15) is 30.1 Å². The van der Waals surface area contributed by atoms with E-state index in [1.165, 1.54) is 6.20 Å². The first-order valence-corrected chi connectivity index (χ1v) is 8.32. The van der Waals surface area contributed by atoms with Crippen LogP contribution in [0, 0.1) is 0 Å². The highest BCUT2D eigenvalue weighted by atomic mass is 16.1. The van der Waals surface area contributed by atoms with E-state index in [1.54, 1.807) is 0 Å². The molecule has 0 spiro atoms. The first kappa shape index (κ1) is 16.8. The summed E-state index contributed by atoms with van der Waals surface area (Å²) >= 11 is 0. The molecular weight excluding hydrogens is 316 g/mol. The molecule has 0 saturated heterocycles. The fourth-order valence-corrected chi connectivity index (χ4v) is 2.66. The fourth-order valence-electron chi connectivity index (χ4n) is 2.66. The lowest BCUT2D eigenvalue weighted by atomic mass is 10.2. The molecule has 0 aliphatic carbocycles. The van der Waals surface area contributed by atoms with E-state index in [9.17, 15) is 4.79 Å². The number of rotatable bonds is 7. The second-order valence-corrected chi connectivity index (χ2v) is 5.89. The van der Waals surface area contributed by atoms with Crippen molar-refractivity contribution in [3.8, 4) is 0 Å². The maximum Gasteiger partial charge on any atom is 0.254 e. The highest BCUT2D eigenvalue weighted by Gasteiger charge is 2.14. The van der Waals surface area contributed by atoms with Crippen molar-refractivity contribution in [1.29, 1.82) is 0 Å². The molecule has 0 unspecified atom stereocenters. The van der Waals surface area contributed by atoms with Gasteiger partial charge in [0.15, 0.2) is 0 Å². The van der Waals surface area contributed by atoms with Crippen molar-refractivity contribution < 1.29 is 4.79 Å². The summed E-state index contributed by atoms with van der Waals surface area (Å²) in [5, 5.41) is 7.44. The van der Waals surface area contributed by atoms with Gasteiger partial charge in [0.2, 0.25) is 5.95 Å². The SMILES string of the molecule is CCCCNc1ncc(C(N)=O)c(Nc2cccc3c2ccn3C)n1. The quantitative estimate of drug-likeness (QED) is 0.575. The minimum Gasteiger partial charge on any atom is -0.365 e. The maximum absolute atomic E-state index is 11.7. The van der Waals surface area contributed by atoms with E-state index < -0.39 is 5.91 Å². The Labute approximate surface area is 146 Å². The number of carbonyl (C=O) groups excluding carboxylic acids is 1. The van der Waals surface area contributed by atoms with E-state index in [0.29, 0.717) is 11.8 Å². The zero-order valence-corrected chi connectivity index (χ0v) is 14.4. The smallest absolute Gasteiger partial charge is 0.254 e. The molecule has 0 fully saturated rings. The first-order valence-electron chi connectivity index (χ1n) is 8.32. The van der Waals surface area contributed by atoms with Crippen LogP contribution in [-0.4, -0.2) is 27.0 Å². The fraction of sp³-hybridized carbons (Fsp3) is 0.278. The molecule has 25 heavy (non-hydrogen) atoms. The van der Waals surface area contributed by atoms with Gasteiger partial charge in [-0.15, -0.1) is 0 Å². The van der Waals surface area contributed by atoms with Gasteiger partial charge in [0.05, 0.1) is 0 Å². The van der Waals surface area contributed by atoms with E-state index in [-0.39, 0.29) is 5.56 Å². The summed E-state index contributed by atoms with van der Waals surface area (Å²) in [6.07, 6.45) is 5.54. The lowest BCUT2D eigenvalue weighted by Gasteiger charge is -2.12. The van der Waals surface area contributed by atoms with Gasteiger partial charge in [-0.1, -0.05) is 19.4 Å². The van der Waals surface area contributed by atoms with Crippen LogP contribution >= 0.6 is 0 Å². The number of nitrogens with zero attached hydrogens (tertiary/aromatic N) is 3. The second kappa shape index (κ2) is 7.21. The monoisotopic (exact) mass is 338 g/mol. The molecule has 1 amide bonds. The molecule has 3 aromatic rings. The van der Waals surface area contributed by atoms with E-state index in [0.717, 1.165) is 36.0 Å². The van der Waals surface area contributed by atoms with Crippen molar-refractivity contribution in [2.45, 2.75) is 19.8 Å². The van der Waals surface area contributed by atoms with Gasteiger partial charge in [-0.3, -0.25) is 4.79 Å². The summed E-state index contributed by atoms with van der Waals surface area (Å²) in [4.78, 5) is 20.3. The average Bonchev–Trinajstić information content (AvgIpc) is 2.98. The van der Waals surface area contributed by atoms with Crippen LogP contribution < -0.4 is 16.4 Å². The number of hydrogen-bond acceptors (Lipinski definition) is 5. The van der Waals surface area contributed by atoms with Crippen LogP contribution in [0.3, 0.4) is 0 Å². The van der Waals surface area contributed by atoms with Gasteiger partial charge in [0.1, 0.15) is 11.4 Å². The third-order valence-electron chi connectivity index (χ3n) is 4.05. The number of nitrogens with one attached hydrogen (secondary N) is 2. The Morgan fingerprint density at radius 3 is 2.92 bits per heavy atom. The van der Waals surface area contributed by atoms with Gasteiger partial charge in [0, 0.05) is 42.6 Å². The summed E-state index contributed by atoms with van der Waals surface area (Å²) in [7, 11) is 1.99. The van der Waals surface area contributed by atoms with Crippen LogP contribution in [0.2, 0.25) is 0 Å². The Kier molecular flexibility index (Phi) is 4.83. The number of amides is 1. The van der Waals surface area contributed by atoms with Crippen LogP contribution in [-0.2, 0) is 7.05 Å². The molecule has 7 nitrogen and oxygen atoms in total. The largest absolute Gasteiger partial charge is 0.365 e. The first-order chi connectivity index (χ1) is 12.1. The normalized spacial score (nSPS) is 10.8. The average molecular weight is 338 g/mol. The summed E-state index contributed by atoms with van der Waals surface area (Å²) in [6.45, 7) is 2.90. The van der Waals surface area contributed by atoms with E-state index in [4.69, 9.17) is 5.73 Å². The zero-order chi connectivity index (χ0) is 17.8. The Bertz CT molecular complexity index is 902. The highest BCUT2D eigenvalue weighted by molar-refractivity contribution is 6.00. The molecule has 0 radical (unpaired) electrons. The van der Waals surface area contributed by atoms with Gasteiger partial charge in [0.25, 0.3) is 5.91 Å². The highest BCUT2D eigenvalue weighted by Crippen LogP contribution is 2.27. The van der Waals surface area contributed by atoms with Crippen molar-refractivity contribution in [2.75, 3.05) is 17.2 Å². The summed E-state index contributed by atoms with van der Waals surface area (Å²) in [6, 6.07) is 7.95. The number of primary amides is 1. The minimum atomic E-state index is -0.567. The lowest BCUT2D eigenvalue weighted by molar-refractivity contribution is 0.100. The number of hydrogen-bond donors (Lipinski definition) is 3. The maximum atomic E-state index is 11.7. The van der Waals surface area contributed by atoms with Gasteiger partial charge in [-0.05, 0) is 24.6 Å². The number of aromatic nitrogens is 3. The number of unbranched alkanes of at least 4 members (excludes halogenated alkanes) is 1. The molecule has 2 heterocycles. The van der Waals surface area contributed by atoms with Gasteiger partial charge >= 0.3 is 0 Å². The summed E-state index contributed by atoms with van der Waals surface area (Å²) in [5.41, 5.74) is 7.68. The Balaban J connectivity index is 1.96. The molecule has 0 bridgehead atoms. The molecule has 2 aromatic heterocycles. The number of aryl methyl sites for hydroxylation is 1. The molecule has 7 heteroatoms. The number of nitrogens with two attached hydrogens (primary N) is 1. The third-order valence-corrected chi connectivity index (χ3v) is 4.05. The summed E-state index contributed by atoms with van der Waals surface area (Å²) in [5.74, 6) is 0.307. The Hall–Kier alpha value is -3.09. The molecule has 1 aromatic carbocycles. The van der Waals surface area contributed by atoms with Crippen LogP contribution in [0.15, 0.2) is 36.7 Å². The van der Waals surface area contributed by atoms with Crippen LogP contribution in [0.25, 0.3) is 10.9 Å². The number of carbonyl (C=O) groups is 1.